The fourth-order valence-electron chi connectivity index (χ4n) is 2.47. The molecule has 1 aromatic rings. The lowest BCUT2D eigenvalue weighted by Crippen LogP contribution is -2.42. The molecule has 0 heterocycles. The molecule has 2 rings (SSSR count). The zero-order valence-corrected chi connectivity index (χ0v) is 10.2. The molecule has 0 bridgehead atoms. The first-order valence-corrected chi connectivity index (χ1v) is 6.01. The molecule has 0 saturated heterocycles. The summed E-state index contributed by atoms with van der Waals surface area (Å²) >= 11 is 0. The summed E-state index contributed by atoms with van der Waals surface area (Å²) < 4.78 is 38.6. The quantitative estimate of drug-likeness (QED) is 0.903. The van der Waals surface area contributed by atoms with Gasteiger partial charge in [-0.25, -0.2) is 0 Å². The van der Waals surface area contributed by atoms with Gasteiger partial charge in [-0.05, 0) is 30.9 Å². The van der Waals surface area contributed by atoms with Crippen molar-refractivity contribution in [1.29, 1.82) is 0 Å². The summed E-state index contributed by atoms with van der Waals surface area (Å²) in [6.45, 7) is 0.626. The van der Waals surface area contributed by atoms with E-state index in [0.29, 0.717) is 12.5 Å². The van der Waals surface area contributed by atoms with Crippen molar-refractivity contribution in [1.82, 2.24) is 0 Å². The lowest BCUT2D eigenvalue weighted by molar-refractivity contribution is -0.137. The van der Waals surface area contributed by atoms with Gasteiger partial charge in [0, 0.05) is 25.3 Å². The van der Waals surface area contributed by atoms with E-state index in [1.165, 1.54) is 12.1 Å². The molecule has 0 radical (unpaired) electrons. The van der Waals surface area contributed by atoms with Crippen LogP contribution in [0.3, 0.4) is 0 Å². The third-order valence-corrected chi connectivity index (χ3v) is 3.42. The molecule has 1 aliphatic carbocycles. The number of nitrogens with two attached hydrogens (primary N) is 1. The minimum absolute atomic E-state index is 0.223. The Kier molecular flexibility index (Phi) is 3.52. The molecule has 0 spiro atoms. The van der Waals surface area contributed by atoms with Gasteiger partial charge in [0.2, 0.25) is 0 Å². The highest BCUT2D eigenvalue weighted by Gasteiger charge is 2.35. The molecule has 2 nitrogen and oxygen atoms in total. The van der Waals surface area contributed by atoms with E-state index in [1.54, 1.807) is 18.0 Å². The predicted molar refractivity (Wildman–Crippen MR) is 65.4 cm³/mol. The molecule has 5 heteroatoms. The molecule has 0 aliphatic heterocycles. The van der Waals surface area contributed by atoms with E-state index >= 15 is 0 Å². The number of halogens is 3. The van der Waals surface area contributed by atoms with Crippen molar-refractivity contribution in [3.05, 3.63) is 29.8 Å². The van der Waals surface area contributed by atoms with Gasteiger partial charge in [-0.15, -0.1) is 0 Å². The van der Waals surface area contributed by atoms with Crippen LogP contribution in [0.4, 0.5) is 18.9 Å². The summed E-state index contributed by atoms with van der Waals surface area (Å²) in [5.74, 6) is 0.409. The van der Waals surface area contributed by atoms with Crippen LogP contribution < -0.4 is 10.6 Å². The van der Waals surface area contributed by atoms with E-state index < -0.39 is 11.7 Å². The number of benzene rings is 1. The number of alkyl halides is 3. The van der Waals surface area contributed by atoms with Gasteiger partial charge in [0.1, 0.15) is 0 Å². The van der Waals surface area contributed by atoms with Crippen LogP contribution in [0.1, 0.15) is 18.4 Å². The number of para-hydroxylation sites is 1. The average molecular weight is 258 g/mol. The Labute approximate surface area is 105 Å². The fourth-order valence-corrected chi connectivity index (χ4v) is 2.47. The zero-order valence-electron chi connectivity index (χ0n) is 10.2. The summed E-state index contributed by atoms with van der Waals surface area (Å²) in [6, 6.07) is 5.91. The Hall–Kier alpha value is -1.23. The second-order valence-electron chi connectivity index (χ2n) is 4.99. The van der Waals surface area contributed by atoms with Gasteiger partial charge in [-0.1, -0.05) is 12.1 Å². The van der Waals surface area contributed by atoms with Crippen LogP contribution in [0.25, 0.3) is 0 Å². The van der Waals surface area contributed by atoms with Gasteiger partial charge in [-0.2, -0.15) is 13.2 Å². The third-order valence-electron chi connectivity index (χ3n) is 3.42. The van der Waals surface area contributed by atoms with Gasteiger partial charge in [0.15, 0.2) is 0 Å². The van der Waals surface area contributed by atoms with E-state index in [9.17, 15) is 13.2 Å². The van der Waals surface area contributed by atoms with Crippen molar-refractivity contribution in [2.45, 2.75) is 25.1 Å². The fraction of sp³-hybridized carbons (Fsp3) is 0.538. The number of hydrogen-bond donors (Lipinski definition) is 1. The molecule has 2 N–H and O–H groups in total. The highest BCUT2D eigenvalue weighted by molar-refractivity contribution is 5.54. The summed E-state index contributed by atoms with van der Waals surface area (Å²) in [5.41, 5.74) is 5.35. The lowest BCUT2D eigenvalue weighted by atomic mass is 9.80. The number of nitrogens with zero attached hydrogens (tertiary/aromatic N) is 1. The van der Waals surface area contributed by atoms with Crippen molar-refractivity contribution < 1.29 is 13.2 Å². The lowest BCUT2D eigenvalue weighted by Gasteiger charge is -2.36. The molecule has 1 aromatic carbocycles. The number of rotatable bonds is 3. The van der Waals surface area contributed by atoms with Crippen LogP contribution in [0.15, 0.2) is 24.3 Å². The highest BCUT2D eigenvalue weighted by Crippen LogP contribution is 2.37. The zero-order chi connectivity index (χ0) is 13.3. The molecule has 0 aromatic heterocycles. The van der Waals surface area contributed by atoms with Crippen LogP contribution >= 0.6 is 0 Å². The minimum atomic E-state index is -4.30. The monoisotopic (exact) mass is 258 g/mol. The largest absolute Gasteiger partial charge is 0.418 e. The Morgan fingerprint density at radius 2 is 1.89 bits per heavy atom. The summed E-state index contributed by atoms with van der Waals surface area (Å²) in [7, 11) is 1.70. The Balaban J connectivity index is 2.12. The molecular formula is C13H17F3N2. The van der Waals surface area contributed by atoms with E-state index in [1.807, 2.05) is 0 Å². The standard InChI is InChI=1S/C13H17F3N2/c1-18(8-9-6-10(17)7-9)12-5-3-2-4-11(12)13(14,15)16/h2-5,9-10H,6-8,17H2,1H3. The molecule has 0 amide bonds. The van der Waals surface area contributed by atoms with Gasteiger partial charge >= 0.3 is 6.18 Å². The predicted octanol–water partition coefficient (Wildman–Crippen LogP) is 2.88. The molecular weight excluding hydrogens is 241 g/mol. The van der Waals surface area contributed by atoms with E-state index in [2.05, 4.69) is 0 Å². The van der Waals surface area contributed by atoms with Crippen LogP contribution in [-0.4, -0.2) is 19.6 Å². The second kappa shape index (κ2) is 4.80. The van der Waals surface area contributed by atoms with Crippen molar-refractivity contribution in [3.63, 3.8) is 0 Å². The highest BCUT2D eigenvalue weighted by atomic mass is 19.4. The Morgan fingerprint density at radius 3 is 2.44 bits per heavy atom. The number of hydrogen-bond acceptors (Lipinski definition) is 2. The molecule has 1 aliphatic rings. The van der Waals surface area contributed by atoms with Gasteiger partial charge in [-0.3, -0.25) is 0 Å². The Bertz CT molecular complexity index is 411. The topological polar surface area (TPSA) is 29.3 Å². The maximum Gasteiger partial charge on any atom is 0.418 e. The smallest absolute Gasteiger partial charge is 0.374 e. The van der Waals surface area contributed by atoms with E-state index in [-0.39, 0.29) is 11.7 Å². The van der Waals surface area contributed by atoms with Crippen LogP contribution in [-0.2, 0) is 6.18 Å². The van der Waals surface area contributed by atoms with Crippen molar-refractivity contribution in [3.8, 4) is 0 Å². The van der Waals surface area contributed by atoms with Crippen LogP contribution in [0.5, 0.6) is 0 Å². The van der Waals surface area contributed by atoms with Crippen molar-refractivity contribution in [2.75, 3.05) is 18.5 Å². The van der Waals surface area contributed by atoms with Crippen molar-refractivity contribution in [2.24, 2.45) is 11.7 Å². The van der Waals surface area contributed by atoms with Gasteiger partial charge < -0.3 is 10.6 Å². The molecule has 100 valence electrons. The summed E-state index contributed by atoms with van der Waals surface area (Å²) in [6.07, 6.45) is -2.50. The van der Waals surface area contributed by atoms with E-state index in [4.69, 9.17) is 5.73 Å². The van der Waals surface area contributed by atoms with Crippen molar-refractivity contribution >= 4 is 5.69 Å². The third kappa shape index (κ3) is 2.77. The Morgan fingerprint density at radius 1 is 1.28 bits per heavy atom. The average Bonchev–Trinajstić information content (AvgIpc) is 2.26. The molecule has 0 atom stereocenters. The van der Waals surface area contributed by atoms with E-state index in [0.717, 1.165) is 18.9 Å². The molecule has 18 heavy (non-hydrogen) atoms. The van der Waals surface area contributed by atoms with Gasteiger partial charge in [0.25, 0.3) is 0 Å². The second-order valence-corrected chi connectivity index (χ2v) is 4.99. The van der Waals surface area contributed by atoms with Crippen LogP contribution in [0.2, 0.25) is 0 Å². The molecule has 0 unspecified atom stereocenters. The maximum absolute atomic E-state index is 12.9. The normalized spacial score (nSPS) is 23.6. The summed E-state index contributed by atoms with van der Waals surface area (Å²) in [4.78, 5) is 1.68. The first kappa shape index (κ1) is 13.2. The minimum Gasteiger partial charge on any atom is -0.374 e. The summed E-state index contributed by atoms with van der Waals surface area (Å²) in [5, 5.41) is 0. The van der Waals surface area contributed by atoms with Gasteiger partial charge in [0.05, 0.1) is 5.56 Å². The molecule has 1 fully saturated rings. The first-order chi connectivity index (χ1) is 8.38. The first-order valence-electron chi connectivity index (χ1n) is 6.01. The van der Waals surface area contributed by atoms with Crippen LogP contribution in [0, 0.1) is 5.92 Å². The number of anilines is 1. The SMILES string of the molecule is CN(CC1CC(N)C1)c1ccccc1C(F)(F)F. The maximum atomic E-state index is 12.9. The molecule has 1 saturated carbocycles.